The summed E-state index contributed by atoms with van der Waals surface area (Å²) in [7, 11) is 0. The van der Waals surface area contributed by atoms with Crippen molar-refractivity contribution < 1.29 is 0 Å². The molecule has 2 rings (SSSR count). The molecule has 1 aromatic carbocycles. The first-order valence-corrected chi connectivity index (χ1v) is 7.05. The van der Waals surface area contributed by atoms with Gasteiger partial charge >= 0.3 is 0 Å². The summed E-state index contributed by atoms with van der Waals surface area (Å²) < 4.78 is 0. The largest absolute Gasteiger partial charge is 0.330 e. The summed E-state index contributed by atoms with van der Waals surface area (Å²) in [4.78, 5) is 5.27. The lowest BCUT2D eigenvalue weighted by Crippen LogP contribution is -2.03. The van der Waals surface area contributed by atoms with Crippen LogP contribution in [0.4, 0.5) is 0 Å². The van der Waals surface area contributed by atoms with Gasteiger partial charge < -0.3 is 5.73 Å². The molecule has 94 valence electrons. The lowest BCUT2D eigenvalue weighted by atomic mass is 10.1. The van der Waals surface area contributed by atoms with E-state index in [1.54, 1.807) is 6.20 Å². The maximum absolute atomic E-state index is 6.23. The highest BCUT2D eigenvalue weighted by Gasteiger charge is 2.09. The summed E-state index contributed by atoms with van der Waals surface area (Å²) in [6.45, 7) is 0.599. The summed E-state index contributed by atoms with van der Waals surface area (Å²) in [6, 6.07) is 9.54. The van der Waals surface area contributed by atoms with E-state index >= 15 is 0 Å². The van der Waals surface area contributed by atoms with Gasteiger partial charge in [-0.3, -0.25) is 0 Å². The van der Waals surface area contributed by atoms with Crippen LogP contribution in [0.15, 0.2) is 46.5 Å². The molecule has 1 heterocycles. The maximum Gasteiger partial charge on any atom is 0.101 e. The van der Waals surface area contributed by atoms with Gasteiger partial charge in [0.15, 0.2) is 0 Å². The summed E-state index contributed by atoms with van der Waals surface area (Å²) in [5, 5.41) is 2.22. The molecule has 0 saturated heterocycles. The number of rotatable bonds is 4. The van der Waals surface area contributed by atoms with Gasteiger partial charge in [-0.05, 0) is 36.7 Å². The van der Waals surface area contributed by atoms with Gasteiger partial charge in [-0.1, -0.05) is 47.1 Å². The molecule has 0 amide bonds. The van der Waals surface area contributed by atoms with Gasteiger partial charge in [-0.2, -0.15) is 0 Å². The molecule has 18 heavy (non-hydrogen) atoms. The molecule has 5 heteroatoms. The monoisotopic (exact) mass is 298 g/mol. The van der Waals surface area contributed by atoms with Crippen molar-refractivity contribution in [3.63, 3.8) is 0 Å². The van der Waals surface area contributed by atoms with Crippen molar-refractivity contribution in [2.24, 2.45) is 5.73 Å². The van der Waals surface area contributed by atoms with Gasteiger partial charge in [0, 0.05) is 11.1 Å². The third kappa shape index (κ3) is 3.39. The molecule has 0 fully saturated rings. The average molecular weight is 299 g/mol. The quantitative estimate of drug-likeness (QED) is 0.926. The Morgan fingerprint density at radius 3 is 2.67 bits per heavy atom. The fourth-order valence-electron chi connectivity index (χ4n) is 1.55. The Labute approximate surface area is 121 Å². The Bertz CT molecular complexity index is 529. The van der Waals surface area contributed by atoms with E-state index in [1.165, 1.54) is 11.8 Å². The van der Waals surface area contributed by atoms with Crippen molar-refractivity contribution in [2.45, 2.75) is 16.3 Å². The number of pyridine rings is 1. The van der Waals surface area contributed by atoms with Crippen LogP contribution in [0.25, 0.3) is 0 Å². The predicted molar refractivity (Wildman–Crippen MR) is 77.6 cm³/mol. The zero-order valence-electron chi connectivity index (χ0n) is 9.57. The second kappa shape index (κ2) is 6.43. The normalized spacial score (nSPS) is 10.6. The number of aromatic nitrogens is 1. The Balaban J connectivity index is 2.30. The molecule has 2 nitrogen and oxygen atoms in total. The minimum Gasteiger partial charge on any atom is -0.330 e. The van der Waals surface area contributed by atoms with E-state index in [4.69, 9.17) is 28.9 Å². The second-order valence-electron chi connectivity index (χ2n) is 3.68. The van der Waals surface area contributed by atoms with Crippen LogP contribution in [-0.2, 0) is 6.42 Å². The summed E-state index contributed by atoms with van der Waals surface area (Å²) >= 11 is 13.6. The van der Waals surface area contributed by atoms with Crippen LogP contribution in [0.3, 0.4) is 0 Å². The molecule has 0 bridgehead atoms. The van der Waals surface area contributed by atoms with Crippen LogP contribution < -0.4 is 5.73 Å². The summed E-state index contributed by atoms with van der Waals surface area (Å²) in [6.07, 6.45) is 2.43. The molecule has 0 aliphatic heterocycles. The number of nitrogens with zero attached hydrogens (tertiary/aromatic N) is 1. The smallest absolute Gasteiger partial charge is 0.101 e. The van der Waals surface area contributed by atoms with Crippen molar-refractivity contribution in [1.29, 1.82) is 0 Å². The van der Waals surface area contributed by atoms with Crippen LogP contribution in [0.1, 0.15) is 5.56 Å². The van der Waals surface area contributed by atoms with Crippen LogP contribution in [-0.4, -0.2) is 11.5 Å². The zero-order valence-corrected chi connectivity index (χ0v) is 11.9. The molecule has 0 spiro atoms. The SMILES string of the molecule is NCCc1cccc(Cl)c1Sc1ccc(Cl)cn1. The Kier molecular flexibility index (Phi) is 4.89. The van der Waals surface area contributed by atoms with Crippen molar-refractivity contribution in [3.8, 4) is 0 Å². The Morgan fingerprint density at radius 2 is 2.00 bits per heavy atom. The first kappa shape index (κ1) is 13.7. The number of nitrogens with two attached hydrogens (primary N) is 1. The fraction of sp³-hybridized carbons (Fsp3) is 0.154. The van der Waals surface area contributed by atoms with E-state index in [9.17, 15) is 0 Å². The first-order chi connectivity index (χ1) is 8.70. The molecule has 0 radical (unpaired) electrons. The van der Waals surface area contributed by atoms with Crippen molar-refractivity contribution >= 4 is 35.0 Å². The minimum absolute atomic E-state index is 0.599. The number of benzene rings is 1. The topological polar surface area (TPSA) is 38.9 Å². The lowest BCUT2D eigenvalue weighted by Gasteiger charge is -2.09. The molecule has 0 unspecified atom stereocenters. The van der Waals surface area contributed by atoms with E-state index in [0.717, 1.165) is 26.9 Å². The molecule has 0 saturated carbocycles. The summed E-state index contributed by atoms with van der Waals surface area (Å²) in [5.74, 6) is 0. The standard InChI is InChI=1S/C13H12Cl2N2S/c14-10-4-5-12(17-8-10)18-13-9(6-7-16)2-1-3-11(13)15/h1-5,8H,6-7,16H2. The second-order valence-corrected chi connectivity index (χ2v) is 5.56. The highest BCUT2D eigenvalue weighted by atomic mass is 35.5. The van der Waals surface area contributed by atoms with E-state index in [1.807, 2.05) is 30.3 Å². The average Bonchev–Trinajstić information content (AvgIpc) is 2.36. The van der Waals surface area contributed by atoms with Crippen molar-refractivity contribution in [3.05, 3.63) is 52.1 Å². The van der Waals surface area contributed by atoms with E-state index in [-0.39, 0.29) is 0 Å². The number of hydrogen-bond donors (Lipinski definition) is 1. The van der Waals surface area contributed by atoms with Crippen LogP contribution in [0.5, 0.6) is 0 Å². The predicted octanol–water partition coefficient (Wildman–Crippen LogP) is 4.04. The third-order valence-electron chi connectivity index (χ3n) is 2.37. The summed E-state index contributed by atoms with van der Waals surface area (Å²) in [5.41, 5.74) is 6.75. The molecule has 0 atom stereocenters. The molecule has 2 N–H and O–H groups in total. The number of halogens is 2. The minimum atomic E-state index is 0.599. The first-order valence-electron chi connectivity index (χ1n) is 5.47. The Hall–Kier alpha value is -0.740. The Morgan fingerprint density at radius 1 is 1.17 bits per heavy atom. The van der Waals surface area contributed by atoms with Gasteiger partial charge in [0.2, 0.25) is 0 Å². The molecule has 0 aliphatic carbocycles. The van der Waals surface area contributed by atoms with Crippen LogP contribution in [0.2, 0.25) is 10.0 Å². The highest BCUT2D eigenvalue weighted by Crippen LogP contribution is 2.35. The number of hydrogen-bond acceptors (Lipinski definition) is 3. The van der Waals surface area contributed by atoms with Gasteiger partial charge in [0.1, 0.15) is 5.03 Å². The zero-order chi connectivity index (χ0) is 13.0. The maximum atomic E-state index is 6.23. The van der Waals surface area contributed by atoms with Gasteiger partial charge in [-0.25, -0.2) is 4.98 Å². The van der Waals surface area contributed by atoms with Crippen LogP contribution >= 0.6 is 35.0 Å². The molecular formula is C13H12Cl2N2S. The van der Waals surface area contributed by atoms with Crippen molar-refractivity contribution in [2.75, 3.05) is 6.54 Å². The molecule has 2 aromatic rings. The van der Waals surface area contributed by atoms with Gasteiger partial charge in [0.25, 0.3) is 0 Å². The van der Waals surface area contributed by atoms with Gasteiger partial charge in [-0.15, -0.1) is 0 Å². The van der Waals surface area contributed by atoms with Crippen molar-refractivity contribution in [1.82, 2.24) is 4.98 Å². The fourth-order valence-corrected chi connectivity index (χ4v) is 2.89. The molecule has 0 aliphatic rings. The lowest BCUT2D eigenvalue weighted by molar-refractivity contribution is 0.943. The third-order valence-corrected chi connectivity index (χ3v) is 4.16. The van der Waals surface area contributed by atoms with Gasteiger partial charge in [0.05, 0.1) is 10.0 Å². The molecular weight excluding hydrogens is 287 g/mol. The molecule has 1 aromatic heterocycles. The van der Waals surface area contributed by atoms with E-state index in [0.29, 0.717) is 11.6 Å². The highest BCUT2D eigenvalue weighted by molar-refractivity contribution is 7.99. The van der Waals surface area contributed by atoms with E-state index < -0.39 is 0 Å². The van der Waals surface area contributed by atoms with Crippen LogP contribution in [0, 0.1) is 0 Å². The van der Waals surface area contributed by atoms with E-state index in [2.05, 4.69) is 4.98 Å².